The van der Waals surface area contributed by atoms with Crippen molar-refractivity contribution in [1.29, 1.82) is 0 Å². The number of hydrogen-bond acceptors (Lipinski definition) is 5. The SMILES string of the molecule is CCCCn1c(=O)c2cc3c(cc2c2cc(C(O)(C(F)(F)F)C(F)(F)F)ccc21)OC1COCC1O3. The third-order valence-electron chi connectivity index (χ3n) is 6.65. The number of alkyl halides is 6. The van der Waals surface area contributed by atoms with Gasteiger partial charge in [0.25, 0.3) is 11.2 Å². The molecule has 2 aliphatic rings. The lowest BCUT2D eigenvalue weighted by Crippen LogP contribution is -2.53. The molecule has 0 spiro atoms. The molecule has 1 saturated heterocycles. The van der Waals surface area contributed by atoms with E-state index in [1.807, 2.05) is 6.92 Å². The number of hydrogen-bond donors (Lipinski definition) is 1. The summed E-state index contributed by atoms with van der Waals surface area (Å²) in [5.41, 5.74) is -6.85. The summed E-state index contributed by atoms with van der Waals surface area (Å²) in [4.78, 5) is 13.4. The molecule has 5 rings (SSSR count). The molecule has 0 saturated carbocycles. The van der Waals surface area contributed by atoms with E-state index < -0.39 is 41.3 Å². The molecule has 1 aromatic heterocycles. The summed E-state index contributed by atoms with van der Waals surface area (Å²) in [5, 5.41) is 10.0. The van der Waals surface area contributed by atoms with Crippen LogP contribution in [-0.4, -0.2) is 47.4 Å². The van der Waals surface area contributed by atoms with Crippen LogP contribution in [0.2, 0.25) is 0 Å². The molecular formula is C24H21F6NO5. The summed E-state index contributed by atoms with van der Waals surface area (Å²) in [6.07, 6.45) is -11.7. The van der Waals surface area contributed by atoms with Gasteiger partial charge in [-0.05, 0) is 30.7 Å². The average molecular weight is 517 g/mol. The minimum Gasteiger partial charge on any atom is -0.480 e. The number of nitrogens with zero attached hydrogens (tertiary/aromatic N) is 1. The molecule has 3 heterocycles. The first-order chi connectivity index (χ1) is 16.9. The molecule has 1 fully saturated rings. The van der Waals surface area contributed by atoms with Gasteiger partial charge in [-0.25, -0.2) is 0 Å². The van der Waals surface area contributed by atoms with Crippen LogP contribution < -0.4 is 15.0 Å². The van der Waals surface area contributed by atoms with Gasteiger partial charge >= 0.3 is 12.4 Å². The van der Waals surface area contributed by atoms with Gasteiger partial charge in [0.1, 0.15) is 0 Å². The van der Waals surface area contributed by atoms with E-state index in [-0.39, 0.29) is 52.9 Å². The summed E-state index contributed by atoms with van der Waals surface area (Å²) in [6.45, 7) is 2.59. The molecule has 3 aromatic rings. The summed E-state index contributed by atoms with van der Waals surface area (Å²) >= 11 is 0. The van der Waals surface area contributed by atoms with E-state index in [1.165, 1.54) is 16.7 Å². The fraction of sp³-hybridized carbons (Fsp3) is 0.458. The van der Waals surface area contributed by atoms with Crippen LogP contribution in [0.5, 0.6) is 11.5 Å². The smallest absolute Gasteiger partial charge is 0.430 e. The molecule has 2 aliphatic heterocycles. The quantitative estimate of drug-likeness (QED) is 0.398. The molecule has 1 N–H and O–H groups in total. The lowest BCUT2D eigenvalue weighted by atomic mass is 9.90. The van der Waals surface area contributed by atoms with E-state index in [0.29, 0.717) is 25.0 Å². The Hall–Kier alpha value is -2.99. The van der Waals surface area contributed by atoms with Crippen molar-refractivity contribution >= 4 is 21.7 Å². The number of rotatable bonds is 4. The highest BCUT2D eigenvalue weighted by Crippen LogP contribution is 2.51. The third kappa shape index (κ3) is 3.61. The molecule has 194 valence electrons. The Morgan fingerprint density at radius 3 is 2.06 bits per heavy atom. The van der Waals surface area contributed by atoms with Crippen LogP contribution >= 0.6 is 0 Å². The Morgan fingerprint density at radius 2 is 1.50 bits per heavy atom. The first kappa shape index (κ1) is 24.7. The second-order valence-corrected chi connectivity index (χ2v) is 8.94. The monoisotopic (exact) mass is 517 g/mol. The minimum atomic E-state index is -6.04. The van der Waals surface area contributed by atoms with Crippen LogP contribution in [0.3, 0.4) is 0 Å². The van der Waals surface area contributed by atoms with Gasteiger partial charge in [-0.2, -0.15) is 26.3 Å². The van der Waals surface area contributed by atoms with E-state index >= 15 is 0 Å². The maximum absolute atomic E-state index is 13.6. The maximum Gasteiger partial charge on any atom is 0.430 e. The molecule has 0 aliphatic carbocycles. The van der Waals surface area contributed by atoms with Crippen LogP contribution in [0.15, 0.2) is 35.1 Å². The second-order valence-electron chi connectivity index (χ2n) is 8.94. The number of aryl methyl sites for hydroxylation is 1. The lowest BCUT2D eigenvalue weighted by Gasteiger charge is -2.33. The number of ether oxygens (including phenoxy) is 3. The van der Waals surface area contributed by atoms with Gasteiger partial charge < -0.3 is 23.9 Å². The number of fused-ring (bicyclic) bond motifs is 5. The van der Waals surface area contributed by atoms with Gasteiger partial charge in [0.05, 0.1) is 24.1 Å². The molecule has 2 unspecified atom stereocenters. The van der Waals surface area contributed by atoms with Crippen molar-refractivity contribution in [3.8, 4) is 11.5 Å². The molecule has 0 amide bonds. The van der Waals surface area contributed by atoms with Gasteiger partial charge in [0.2, 0.25) is 0 Å². The van der Waals surface area contributed by atoms with Crippen LogP contribution in [0.1, 0.15) is 25.3 Å². The topological polar surface area (TPSA) is 69.9 Å². The Kier molecular flexibility index (Phi) is 5.67. The molecular weight excluding hydrogens is 496 g/mol. The molecule has 2 aromatic carbocycles. The van der Waals surface area contributed by atoms with E-state index in [1.54, 1.807) is 0 Å². The predicted octanol–water partition coefficient (Wildman–Crippen LogP) is 4.81. The normalized spacial score (nSPS) is 20.2. The summed E-state index contributed by atoms with van der Waals surface area (Å²) in [7, 11) is 0. The summed E-state index contributed by atoms with van der Waals surface area (Å²) in [6, 6.07) is 4.95. The van der Waals surface area contributed by atoms with Crippen molar-refractivity contribution in [2.24, 2.45) is 0 Å². The number of halogens is 6. The van der Waals surface area contributed by atoms with Crippen molar-refractivity contribution < 1.29 is 45.7 Å². The summed E-state index contributed by atoms with van der Waals surface area (Å²) in [5.74, 6) is 0.416. The largest absolute Gasteiger partial charge is 0.480 e. The standard InChI is InChI=1S/C24H21F6NO5/c1-2-3-6-31-16-5-4-12(22(33,23(25,26)27)24(28,29)30)7-14(16)13-8-17-18(9-15(13)21(31)32)36-20-11-34-10-19(20)35-17/h4-5,7-9,19-20,33H,2-3,6,10-11H2,1H3. The summed E-state index contributed by atoms with van der Waals surface area (Å²) < 4.78 is 99.9. The Morgan fingerprint density at radius 1 is 0.917 bits per heavy atom. The molecule has 36 heavy (non-hydrogen) atoms. The van der Waals surface area contributed by atoms with Crippen LogP contribution in [0.4, 0.5) is 26.3 Å². The lowest BCUT2D eigenvalue weighted by molar-refractivity contribution is -0.376. The number of pyridine rings is 1. The maximum atomic E-state index is 13.6. The van der Waals surface area contributed by atoms with Gasteiger partial charge in [0.15, 0.2) is 23.7 Å². The Balaban J connectivity index is 1.82. The zero-order valence-corrected chi connectivity index (χ0v) is 18.9. The average Bonchev–Trinajstić information content (AvgIpc) is 3.26. The molecule has 6 nitrogen and oxygen atoms in total. The van der Waals surface area contributed by atoms with Crippen molar-refractivity contribution in [1.82, 2.24) is 4.57 Å². The van der Waals surface area contributed by atoms with Gasteiger partial charge in [-0.1, -0.05) is 19.4 Å². The van der Waals surface area contributed by atoms with Crippen LogP contribution in [0.25, 0.3) is 21.7 Å². The fourth-order valence-corrected chi connectivity index (χ4v) is 4.70. The molecule has 12 heteroatoms. The first-order valence-electron chi connectivity index (χ1n) is 11.3. The van der Waals surface area contributed by atoms with Gasteiger partial charge in [0, 0.05) is 22.9 Å². The number of benzene rings is 2. The third-order valence-corrected chi connectivity index (χ3v) is 6.65. The van der Waals surface area contributed by atoms with Crippen molar-refractivity contribution in [3.63, 3.8) is 0 Å². The zero-order valence-electron chi connectivity index (χ0n) is 18.9. The van der Waals surface area contributed by atoms with Crippen LogP contribution in [-0.2, 0) is 16.9 Å². The highest BCUT2D eigenvalue weighted by molar-refractivity contribution is 6.07. The number of unbranched alkanes of at least 4 members (excludes halogenated alkanes) is 1. The van der Waals surface area contributed by atoms with Crippen molar-refractivity contribution in [2.45, 2.75) is 56.5 Å². The fourth-order valence-electron chi connectivity index (χ4n) is 4.70. The predicted molar refractivity (Wildman–Crippen MR) is 116 cm³/mol. The first-order valence-corrected chi connectivity index (χ1v) is 11.3. The van der Waals surface area contributed by atoms with E-state index in [9.17, 15) is 36.2 Å². The Labute approximate surface area is 200 Å². The van der Waals surface area contributed by atoms with Gasteiger partial charge in [-0.15, -0.1) is 0 Å². The minimum absolute atomic E-state index is 0.0398. The molecule has 2 atom stereocenters. The number of aromatic nitrogens is 1. The van der Waals surface area contributed by atoms with E-state index in [0.717, 1.165) is 6.07 Å². The molecule has 0 bridgehead atoms. The Bertz CT molecular complexity index is 1380. The van der Waals surface area contributed by atoms with Crippen molar-refractivity contribution in [2.75, 3.05) is 13.2 Å². The highest BCUT2D eigenvalue weighted by Gasteiger charge is 2.71. The number of aliphatic hydroxyl groups is 1. The van der Waals surface area contributed by atoms with E-state index in [2.05, 4.69) is 0 Å². The highest BCUT2D eigenvalue weighted by atomic mass is 19.4. The van der Waals surface area contributed by atoms with Gasteiger partial charge in [-0.3, -0.25) is 4.79 Å². The van der Waals surface area contributed by atoms with E-state index in [4.69, 9.17) is 14.2 Å². The zero-order chi connectivity index (χ0) is 26.0. The second kappa shape index (κ2) is 8.27. The molecule has 0 radical (unpaired) electrons. The van der Waals surface area contributed by atoms with Crippen LogP contribution in [0, 0.1) is 0 Å². The van der Waals surface area contributed by atoms with Crippen molar-refractivity contribution in [3.05, 3.63) is 46.2 Å².